The third-order valence-corrected chi connectivity index (χ3v) is 3.60. The van der Waals surface area contributed by atoms with Gasteiger partial charge in [-0.2, -0.15) is 0 Å². The van der Waals surface area contributed by atoms with E-state index < -0.39 is 0 Å². The van der Waals surface area contributed by atoms with Gasteiger partial charge in [0.15, 0.2) is 0 Å². The molecule has 0 saturated carbocycles. The lowest BCUT2D eigenvalue weighted by atomic mass is 10.3. The fourth-order valence-corrected chi connectivity index (χ4v) is 2.47. The van der Waals surface area contributed by atoms with Gasteiger partial charge >= 0.3 is 0 Å². The SMILES string of the molecule is CC1=CC(=O)N(C(C)c2ncc(C)s2)C1=O. The van der Waals surface area contributed by atoms with E-state index in [-0.39, 0.29) is 17.9 Å². The highest BCUT2D eigenvalue weighted by molar-refractivity contribution is 7.11. The zero-order valence-electron chi connectivity index (χ0n) is 9.35. The minimum atomic E-state index is -0.285. The van der Waals surface area contributed by atoms with Gasteiger partial charge in [0, 0.05) is 22.7 Å². The molecule has 16 heavy (non-hydrogen) atoms. The van der Waals surface area contributed by atoms with Crippen molar-refractivity contribution in [3.05, 3.63) is 27.7 Å². The van der Waals surface area contributed by atoms with Crippen LogP contribution in [0.5, 0.6) is 0 Å². The third-order valence-electron chi connectivity index (χ3n) is 2.52. The van der Waals surface area contributed by atoms with Gasteiger partial charge in [-0.05, 0) is 20.8 Å². The minimum absolute atomic E-state index is 0.217. The van der Waals surface area contributed by atoms with Crippen LogP contribution in [-0.2, 0) is 9.59 Å². The third kappa shape index (κ3) is 1.67. The van der Waals surface area contributed by atoms with Gasteiger partial charge in [-0.3, -0.25) is 14.5 Å². The number of aromatic nitrogens is 1. The van der Waals surface area contributed by atoms with Crippen LogP contribution in [0.4, 0.5) is 0 Å². The number of rotatable bonds is 2. The predicted octanol–water partition coefficient (Wildman–Crippen LogP) is 1.83. The smallest absolute Gasteiger partial charge is 0.257 e. The highest BCUT2D eigenvalue weighted by Gasteiger charge is 2.34. The molecule has 2 rings (SSSR count). The van der Waals surface area contributed by atoms with Crippen molar-refractivity contribution in [1.82, 2.24) is 9.88 Å². The molecule has 1 aliphatic heterocycles. The van der Waals surface area contributed by atoms with Crippen LogP contribution in [-0.4, -0.2) is 21.7 Å². The number of carbonyl (C=O) groups is 2. The van der Waals surface area contributed by atoms with Crippen molar-refractivity contribution in [1.29, 1.82) is 0 Å². The van der Waals surface area contributed by atoms with Crippen LogP contribution in [0.1, 0.15) is 29.8 Å². The first-order valence-electron chi connectivity index (χ1n) is 4.99. The Kier molecular flexibility index (Phi) is 2.63. The van der Waals surface area contributed by atoms with Crippen LogP contribution >= 0.6 is 11.3 Å². The first-order valence-corrected chi connectivity index (χ1v) is 5.80. The van der Waals surface area contributed by atoms with Crippen molar-refractivity contribution in [2.24, 2.45) is 0 Å². The van der Waals surface area contributed by atoms with Crippen LogP contribution in [0.15, 0.2) is 17.8 Å². The summed E-state index contributed by atoms with van der Waals surface area (Å²) in [5.74, 6) is -0.465. The number of imide groups is 1. The normalized spacial score (nSPS) is 17.9. The van der Waals surface area contributed by atoms with Gasteiger partial charge < -0.3 is 0 Å². The number of hydrogen-bond donors (Lipinski definition) is 0. The van der Waals surface area contributed by atoms with E-state index in [1.807, 2.05) is 13.8 Å². The van der Waals surface area contributed by atoms with E-state index in [2.05, 4.69) is 4.98 Å². The molecule has 0 saturated heterocycles. The molecule has 0 aliphatic carbocycles. The number of nitrogens with zero attached hydrogens (tertiary/aromatic N) is 2. The van der Waals surface area contributed by atoms with Crippen LogP contribution in [0.2, 0.25) is 0 Å². The number of hydrogen-bond acceptors (Lipinski definition) is 4. The van der Waals surface area contributed by atoms with Gasteiger partial charge in [-0.1, -0.05) is 0 Å². The molecular formula is C11H12N2O2S. The number of amides is 2. The summed E-state index contributed by atoms with van der Waals surface area (Å²) < 4.78 is 0. The summed E-state index contributed by atoms with van der Waals surface area (Å²) in [6, 6.07) is -0.285. The monoisotopic (exact) mass is 236 g/mol. The van der Waals surface area contributed by atoms with Crippen LogP contribution in [0, 0.1) is 6.92 Å². The number of carbonyl (C=O) groups excluding carboxylic acids is 2. The van der Waals surface area contributed by atoms with Gasteiger partial charge in [0.05, 0.1) is 6.04 Å². The molecule has 1 aromatic rings. The zero-order chi connectivity index (χ0) is 11.9. The van der Waals surface area contributed by atoms with Crippen LogP contribution in [0.3, 0.4) is 0 Å². The van der Waals surface area contributed by atoms with E-state index in [1.165, 1.54) is 22.3 Å². The first-order chi connectivity index (χ1) is 7.50. The average molecular weight is 236 g/mol. The Morgan fingerprint density at radius 3 is 2.50 bits per heavy atom. The summed E-state index contributed by atoms with van der Waals surface area (Å²) in [5.41, 5.74) is 0.491. The summed E-state index contributed by atoms with van der Waals surface area (Å²) in [7, 11) is 0. The molecule has 0 radical (unpaired) electrons. The zero-order valence-corrected chi connectivity index (χ0v) is 10.2. The Morgan fingerprint density at radius 1 is 1.38 bits per heavy atom. The molecule has 1 aromatic heterocycles. The van der Waals surface area contributed by atoms with Gasteiger partial charge in [0.25, 0.3) is 11.8 Å². The Labute approximate surface area is 97.6 Å². The lowest BCUT2D eigenvalue weighted by molar-refractivity contribution is -0.139. The summed E-state index contributed by atoms with van der Waals surface area (Å²) in [6.07, 6.45) is 3.13. The molecule has 0 spiro atoms. The summed E-state index contributed by atoms with van der Waals surface area (Å²) in [5, 5.41) is 0.794. The van der Waals surface area contributed by atoms with Crippen molar-refractivity contribution < 1.29 is 9.59 Å². The highest BCUT2D eigenvalue weighted by Crippen LogP contribution is 2.28. The molecule has 84 valence electrons. The topological polar surface area (TPSA) is 50.3 Å². The molecule has 1 atom stereocenters. The maximum Gasteiger partial charge on any atom is 0.257 e. The second-order valence-corrected chi connectivity index (χ2v) is 5.09. The molecule has 1 aliphatic rings. The molecule has 2 heterocycles. The summed E-state index contributed by atoms with van der Waals surface area (Å²) >= 11 is 1.51. The molecule has 5 heteroatoms. The van der Waals surface area contributed by atoms with E-state index in [1.54, 1.807) is 13.1 Å². The molecule has 0 aromatic carbocycles. The van der Waals surface area contributed by atoms with Crippen molar-refractivity contribution >= 4 is 23.2 Å². The molecule has 2 amide bonds. The molecule has 0 bridgehead atoms. The van der Waals surface area contributed by atoms with Gasteiger partial charge in [0.1, 0.15) is 5.01 Å². The van der Waals surface area contributed by atoms with E-state index in [0.717, 1.165) is 9.88 Å². The van der Waals surface area contributed by atoms with Crippen LogP contribution in [0.25, 0.3) is 0 Å². The molecule has 1 unspecified atom stereocenters. The lowest BCUT2D eigenvalue weighted by Gasteiger charge is -2.20. The average Bonchev–Trinajstić information content (AvgIpc) is 2.73. The first kappa shape index (κ1) is 11.0. The van der Waals surface area contributed by atoms with E-state index in [0.29, 0.717) is 5.57 Å². The quantitative estimate of drug-likeness (QED) is 0.736. The maximum absolute atomic E-state index is 11.8. The van der Waals surface area contributed by atoms with Crippen molar-refractivity contribution in [2.45, 2.75) is 26.8 Å². The van der Waals surface area contributed by atoms with E-state index in [9.17, 15) is 9.59 Å². The fourth-order valence-electron chi connectivity index (χ4n) is 1.65. The van der Waals surface area contributed by atoms with E-state index in [4.69, 9.17) is 0 Å². The van der Waals surface area contributed by atoms with Crippen molar-refractivity contribution in [3.63, 3.8) is 0 Å². The molecular weight excluding hydrogens is 224 g/mol. The van der Waals surface area contributed by atoms with Crippen molar-refractivity contribution in [3.8, 4) is 0 Å². The van der Waals surface area contributed by atoms with Gasteiger partial charge in [-0.25, -0.2) is 4.98 Å². The lowest BCUT2D eigenvalue weighted by Crippen LogP contribution is -2.33. The predicted molar refractivity (Wildman–Crippen MR) is 60.9 cm³/mol. The number of aryl methyl sites for hydroxylation is 1. The van der Waals surface area contributed by atoms with E-state index >= 15 is 0 Å². The second-order valence-electron chi connectivity index (χ2n) is 3.83. The number of thiazole rings is 1. The van der Waals surface area contributed by atoms with Gasteiger partial charge in [0.2, 0.25) is 0 Å². The molecule has 4 nitrogen and oxygen atoms in total. The second kappa shape index (κ2) is 3.83. The fraction of sp³-hybridized carbons (Fsp3) is 0.364. The maximum atomic E-state index is 11.8. The Bertz CT molecular complexity index is 490. The Hall–Kier alpha value is -1.49. The standard InChI is InChI=1S/C11H12N2O2S/c1-6-4-9(14)13(11(6)15)8(3)10-12-5-7(2)16-10/h4-5,8H,1-3H3. The highest BCUT2D eigenvalue weighted by atomic mass is 32.1. The summed E-state index contributed by atoms with van der Waals surface area (Å²) in [4.78, 5) is 29.9. The Balaban J connectivity index is 2.27. The van der Waals surface area contributed by atoms with Crippen molar-refractivity contribution in [2.75, 3.05) is 0 Å². The van der Waals surface area contributed by atoms with Gasteiger partial charge in [-0.15, -0.1) is 11.3 Å². The minimum Gasteiger partial charge on any atom is -0.269 e. The van der Waals surface area contributed by atoms with Crippen LogP contribution < -0.4 is 0 Å². The summed E-state index contributed by atoms with van der Waals surface area (Å²) in [6.45, 7) is 5.42. The molecule has 0 fully saturated rings. The largest absolute Gasteiger partial charge is 0.269 e. The Morgan fingerprint density at radius 2 is 2.06 bits per heavy atom. The molecule has 0 N–H and O–H groups in total.